The summed E-state index contributed by atoms with van der Waals surface area (Å²) in [6.45, 7) is 5.06. The molecule has 7 nitrogen and oxygen atoms in total. The third kappa shape index (κ3) is 4.37. The van der Waals surface area contributed by atoms with E-state index in [0.717, 1.165) is 36.6 Å². The molecule has 0 radical (unpaired) electrons. The molecule has 0 bridgehead atoms. The zero-order chi connectivity index (χ0) is 18.5. The number of nitrogens with zero attached hydrogens (tertiary/aromatic N) is 5. The van der Waals surface area contributed by atoms with Crippen LogP contribution < -0.4 is 10.2 Å². The molecular formula is C19H32N6O. The van der Waals surface area contributed by atoms with Crippen LogP contribution in [0.5, 0.6) is 0 Å². The van der Waals surface area contributed by atoms with Gasteiger partial charge in [-0.15, -0.1) is 0 Å². The number of guanidine groups is 1. The van der Waals surface area contributed by atoms with Gasteiger partial charge in [0.1, 0.15) is 6.54 Å². The van der Waals surface area contributed by atoms with E-state index in [9.17, 15) is 4.79 Å². The number of amides is 1. The van der Waals surface area contributed by atoms with Crippen molar-refractivity contribution in [2.75, 3.05) is 38.1 Å². The number of carbonyl (C=O) groups is 1. The molecule has 3 rings (SSSR count). The number of carbonyl (C=O) groups excluding carboxylic acids is 1. The number of aromatic nitrogens is 2. The highest BCUT2D eigenvalue weighted by atomic mass is 16.2. The van der Waals surface area contributed by atoms with Gasteiger partial charge in [0.25, 0.3) is 0 Å². The lowest BCUT2D eigenvalue weighted by Crippen LogP contribution is -2.55. The van der Waals surface area contributed by atoms with Crippen molar-refractivity contribution in [3.05, 3.63) is 12.4 Å². The number of aliphatic imine (C=N–C) groups is 1. The molecule has 2 aliphatic rings. The molecule has 1 saturated heterocycles. The van der Waals surface area contributed by atoms with Gasteiger partial charge in [0.15, 0.2) is 5.96 Å². The van der Waals surface area contributed by atoms with Crippen molar-refractivity contribution in [3.63, 3.8) is 0 Å². The SMILES string of the molecule is CCC1CCC(CNC(=NC)N2CCN(c3cnn(C)c3)C(=O)C2)CC1. The van der Waals surface area contributed by atoms with E-state index in [1.54, 1.807) is 17.9 Å². The maximum absolute atomic E-state index is 12.6. The fraction of sp³-hybridized carbons (Fsp3) is 0.737. The highest BCUT2D eigenvalue weighted by molar-refractivity contribution is 5.98. The van der Waals surface area contributed by atoms with Crippen LogP contribution in [-0.2, 0) is 11.8 Å². The molecule has 2 fully saturated rings. The molecule has 1 aliphatic carbocycles. The second-order valence-electron chi connectivity index (χ2n) is 7.56. The van der Waals surface area contributed by atoms with Crippen LogP contribution in [0.3, 0.4) is 0 Å². The molecule has 0 atom stereocenters. The van der Waals surface area contributed by atoms with Crippen LogP contribution in [0.2, 0.25) is 0 Å². The fourth-order valence-corrected chi connectivity index (χ4v) is 4.09. The molecule has 0 unspecified atom stereocenters. The van der Waals surface area contributed by atoms with Gasteiger partial charge < -0.3 is 15.1 Å². The first kappa shape index (κ1) is 18.7. The van der Waals surface area contributed by atoms with Gasteiger partial charge in [-0.1, -0.05) is 26.2 Å². The van der Waals surface area contributed by atoms with Gasteiger partial charge in [-0.05, 0) is 24.7 Å². The molecule has 0 aromatic carbocycles. The first-order valence-corrected chi connectivity index (χ1v) is 9.85. The predicted octanol–water partition coefficient (Wildman–Crippen LogP) is 1.86. The summed E-state index contributed by atoms with van der Waals surface area (Å²) in [5.74, 6) is 2.59. The Labute approximate surface area is 156 Å². The van der Waals surface area contributed by atoms with Gasteiger partial charge in [-0.3, -0.25) is 14.5 Å². The highest BCUT2D eigenvalue weighted by Gasteiger charge is 2.28. The lowest BCUT2D eigenvalue weighted by molar-refractivity contribution is -0.120. The smallest absolute Gasteiger partial charge is 0.246 e. The minimum Gasteiger partial charge on any atom is -0.356 e. The third-order valence-corrected chi connectivity index (χ3v) is 5.83. The van der Waals surface area contributed by atoms with Crippen molar-refractivity contribution >= 4 is 17.6 Å². The number of aryl methyl sites for hydroxylation is 1. The van der Waals surface area contributed by atoms with Gasteiger partial charge in [0, 0.05) is 39.9 Å². The molecule has 144 valence electrons. The molecule has 1 amide bonds. The van der Waals surface area contributed by atoms with Crippen molar-refractivity contribution in [2.24, 2.45) is 23.9 Å². The van der Waals surface area contributed by atoms with Gasteiger partial charge in [-0.25, -0.2) is 0 Å². The monoisotopic (exact) mass is 360 g/mol. The van der Waals surface area contributed by atoms with Crippen molar-refractivity contribution in [1.82, 2.24) is 20.0 Å². The van der Waals surface area contributed by atoms with Crippen molar-refractivity contribution in [2.45, 2.75) is 39.0 Å². The van der Waals surface area contributed by atoms with Crippen LogP contribution in [0.15, 0.2) is 17.4 Å². The Balaban J connectivity index is 1.49. The Kier molecular flexibility index (Phi) is 6.16. The first-order valence-electron chi connectivity index (χ1n) is 9.85. The fourth-order valence-electron chi connectivity index (χ4n) is 4.09. The maximum Gasteiger partial charge on any atom is 0.246 e. The summed E-state index contributed by atoms with van der Waals surface area (Å²) in [7, 11) is 3.66. The molecule has 26 heavy (non-hydrogen) atoms. The van der Waals surface area contributed by atoms with Crippen LogP contribution in [0, 0.1) is 11.8 Å². The molecular weight excluding hydrogens is 328 g/mol. The maximum atomic E-state index is 12.6. The van der Waals surface area contributed by atoms with E-state index in [-0.39, 0.29) is 5.91 Å². The predicted molar refractivity (Wildman–Crippen MR) is 104 cm³/mol. The number of anilines is 1. The van der Waals surface area contributed by atoms with E-state index in [2.05, 4.69) is 27.2 Å². The highest BCUT2D eigenvalue weighted by Crippen LogP contribution is 2.30. The molecule has 1 aromatic rings. The zero-order valence-corrected chi connectivity index (χ0v) is 16.3. The van der Waals surface area contributed by atoms with E-state index < -0.39 is 0 Å². The average Bonchev–Trinajstić information content (AvgIpc) is 3.09. The number of nitrogens with one attached hydrogen (secondary N) is 1. The standard InChI is InChI=1S/C19H32N6O/c1-4-15-5-7-16(8-6-15)11-21-19(20-2)24-9-10-25(18(26)14-24)17-12-22-23(3)13-17/h12-13,15-16H,4-11,14H2,1-3H3,(H,20,21). The Morgan fingerprint density at radius 2 is 2.00 bits per heavy atom. The number of hydrogen-bond donors (Lipinski definition) is 1. The Morgan fingerprint density at radius 3 is 2.58 bits per heavy atom. The minimum atomic E-state index is 0.0932. The van der Waals surface area contributed by atoms with Gasteiger partial charge in [0.05, 0.1) is 11.9 Å². The van der Waals surface area contributed by atoms with Crippen LogP contribution in [0.25, 0.3) is 0 Å². The Hall–Kier alpha value is -2.05. The topological polar surface area (TPSA) is 65.8 Å². The van der Waals surface area contributed by atoms with Crippen molar-refractivity contribution < 1.29 is 4.79 Å². The van der Waals surface area contributed by atoms with Gasteiger partial charge >= 0.3 is 0 Å². The van der Waals surface area contributed by atoms with E-state index in [1.807, 2.05) is 18.1 Å². The summed E-state index contributed by atoms with van der Waals surface area (Å²) in [6.07, 6.45) is 10.2. The van der Waals surface area contributed by atoms with E-state index in [4.69, 9.17) is 0 Å². The normalized spacial score (nSPS) is 24.9. The van der Waals surface area contributed by atoms with E-state index in [1.165, 1.54) is 32.1 Å². The summed E-state index contributed by atoms with van der Waals surface area (Å²) >= 11 is 0. The molecule has 2 heterocycles. The number of hydrogen-bond acceptors (Lipinski definition) is 3. The lowest BCUT2D eigenvalue weighted by atomic mass is 9.81. The van der Waals surface area contributed by atoms with Crippen LogP contribution >= 0.6 is 0 Å². The third-order valence-electron chi connectivity index (χ3n) is 5.83. The van der Waals surface area contributed by atoms with Crippen molar-refractivity contribution in [1.29, 1.82) is 0 Å². The van der Waals surface area contributed by atoms with Crippen molar-refractivity contribution in [3.8, 4) is 0 Å². The Bertz CT molecular complexity index is 632. The average molecular weight is 361 g/mol. The van der Waals surface area contributed by atoms with Crippen LogP contribution in [0.1, 0.15) is 39.0 Å². The molecule has 7 heteroatoms. The zero-order valence-electron chi connectivity index (χ0n) is 16.3. The summed E-state index contributed by atoms with van der Waals surface area (Å²) in [6, 6.07) is 0. The van der Waals surface area contributed by atoms with E-state index >= 15 is 0 Å². The Morgan fingerprint density at radius 1 is 1.27 bits per heavy atom. The molecule has 1 saturated carbocycles. The van der Waals surface area contributed by atoms with Crippen LogP contribution in [0.4, 0.5) is 5.69 Å². The summed E-state index contributed by atoms with van der Waals surface area (Å²) in [4.78, 5) is 20.9. The largest absolute Gasteiger partial charge is 0.356 e. The second kappa shape index (κ2) is 8.56. The van der Waals surface area contributed by atoms with Gasteiger partial charge in [0.2, 0.25) is 5.91 Å². The molecule has 1 aromatic heterocycles. The molecule has 1 aliphatic heterocycles. The summed E-state index contributed by atoms with van der Waals surface area (Å²) in [5.41, 5.74) is 0.868. The molecule has 1 N–H and O–H groups in total. The number of rotatable bonds is 4. The summed E-state index contributed by atoms with van der Waals surface area (Å²) in [5, 5.41) is 7.67. The second-order valence-corrected chi connectivity index (χ2v) is 7.56. The van der Waals surface area contributed by atoms with Gasteiger partial charge in [-0.2, -0.15) is 5.10 Å². The van der Waals surface area contributed by atoms with E-state index in [0.29, 0.717) is 13.1 Å². The van der Waals surface area contributed by atoms with Crippen LogP contribution in [-0.4, -0.2) is 59.8 Å². The minimum absolute atomic E-state index is 0.0932. The number of piperazine rings is 1. The lowest BCUT2D eigenvalue weighted by Gasteiger charge is -2.36. The quantitative estimate of drug-likeness (QED) is 0.657. The molecule has 0 spiro atoms. The summed E-state index contributed by atoms with van der Waals surface area (Å²) < 4.78 is 1.72. The first-order chi connectivity index (χ1) is 12.6.